The van der Waals surface area contributed by atoms with Crippen LogP contribution >= 0.6 is 12.2 Å². The van der Waals surface area contributed by atoms with E-state index in [0.717, 1.165) is 32.1 Å². The summed E-state index contributed by atoms with van der Waals surface area (Å²) < 4.78 is 5.85. The molecule has 0 saturated heterocycles. The minimum absolute atomic E-state index is 0.118. The summed E-state index contributed by atoms with van der Waals surface area (Å²) >= 11 is 5.53. The second kappa shape index (κ2) is 12.5. The highest BCUT2D eigenvalue weighted by molar-refractivity contribution is 7.80. The lowest BCUT2D eigenvalue weighted by Crippen LogP contribution is -2.42. The average molecular weight is 482 g/mol. The summed E-state index contributed by atoms with van der Waals surface area (Å²) in [6.07, 6.45) is 6.44. The fourth-order valence-electron chi connectivity index (χ4n) is 4.01. The van der Waals surface area contributed by atoms with Crippen LogP contribution in [0.4, 0.5) is 5.69 Å². The normalized spacial score (nSPS) is 13.9. The van der Waals surface area contributed by atoms with E-state index in [4.69, 9.17) is 17.0 Å². The highest BCUT2D eigenvalue weighted by Gasteiger charge is 2.22. The van der Waals surface area contributed by atoms with Crippen molar-refractivity contribution in [1.82, 2.24) is 10.6 Å². The molecule has 7 heteroatoms. The molecule has 0 spiro atoms. The largest absolute Gasteiger partial charge is 0.493 e. The van der Waals surface area contributed by atoms with E-state index in [1.807, 2.05) is 24.3 Å². The van der Waals surface area contributed by atoms with Gasteiger partial charge in [0.1, 0.15) is 5.75 Å². The first-order chi connectivity index (χ1) is 16.4. The van der Waals surface area contributed by atoms with Crippen molar-refractivity contribution in [3.63, 3.8) is 0 Å². The Labute approximate surface area is 208 Å². The maximum Gasteiger partial charge on any atom is 0.261 e. The van der Waals surface area contributed by atoms with E-state index in [1.54, 1.807) is 36.2 Å². The molecule has 182 valence electrons. The van der Waals surface area contributed by atoms with Crippen molar-refractivity contribution in [2.45, 2.75) is 58.4 Å². The molecular weight excluding hydrogens is 446 g/mol. The van der Waals surface area contributed by atoms with Crippen LogP contribution in [0.1, 0.15) is 73.1 Å². The molecule has 3 rings (SSSR count). The smallest absolute Gasteiger partial charge is 0.261 e. The number of thiocarbonyl (C=S) groups is 1. The summed E-state index contributed by atoms with van der Waals surface area (Å²) in [4.78, 5) is 27.7. The SMILES string of the molecule is CC(C)CCOc1ccccc1C(=O)NC(=S)N(C)c1ccccc1C(=O)NC1CCCCC1. The predicted octanol–water partition coefficient (Wildman–Crippen LogP) is 5.33. The molecule has 0 aromatic heterocycles. The van der Waals surface area contributed by atoms with E-state index >= 15 is 0 Å². The van der Waals surface area contributed by atoms with Crippen molar-refractivity contribution in [1.29, 1.82) is 0 Å². The first-order valence-corrected chi connectivity index (χ1v) is 12.5. The van der Waals surface area contributed by atoms with E-state index in [-0.39, 0.29) is 23.0 Å². The van der Waals surface area contributed by atoms with Crippen molar-refractivity contribution in [2.24, 2.45) is 5.92 Å². The van der Waals surface area contributed by atoms with Gasteiger partial charge in [-0.25, -0.2) is 0 Å². The van der Waals surface area contributed by atoms with Gasteiger partial charge < -0.3 is 15.0 Å². The molecule has 1 fully saturated rings. The van der Waals surface area contributed by atoms with Gasteiger partial charge in [0.15, 0.2) is 5.11 Å². The van der Waals surface area contributed by atoms with E-state index in [1.165, 1.54) is 6.42 Å². The van der Waals surface area contributed by atoms with Gasteiger partial charge >= 0.3 is 0 Å². The maximum atomic E-state index is 13.0. The van der Waals surface area contributed by atoms with Gasteiger partial charge in [-0.15, -0.1) is 0 Å². The zero-order valence-electron chi connectivity index (χ0n) is 20.3. The summed E-state index contributed by atoms with van der Waals surface area (Å²) in [5.41, 5.74) is 1.59. The van der Waals surface area contributed by atoms with Crippen LogP contribution in [-0.4, -0.2) is 36.6 Å². The molecule has 1 aliphatic rings. The van der Waals surface area contributed by atoms with Crippen LogP contribution in [0, 0.1) is 5.92 Å². The molecule has 2 amide bonds. The van der Waals surface area contributed by atoms with Crippen molar-refractivity contribution in [2.75, 3.05) is 18.6 Å². The first kappa shape index (κ1) is 25.7. The van der Waals surface area contributed by atoms with Crippen LogP contribution in [0.15, 0.2) is 48.5 Å². The van der Waals surface area contributed by atoms with Crippen LogP contribution in [-0.2, 0) is 0 Å². The van der Waals surface area contributed by atoms with E-state index in [9.17, 15) is 9.59 Å². The Kier molecular flexibility index (Phi) is 9.45. The summed E-state index contributed by atoms with van der Waals surface area (Å²) in [6.45, 7) is 4.79. The Morgan fingerprint density at radius 1 is 1.00 bits per heavy atom. The number of nitrogens with zero attached hydrogens (tertiary/aromatic N) is 1. The molecule has 0 atom stereocenters. The third-order valence-electron chi connectivity index (χ3n) is 6.06. The Balaban J connectivity index is 1.68. The third-order valence-corrected chi connectivity index (χ3v) is 6.44. The second-order valence-corrected chi connectivity index (χ2v) is 9.56. The molecule has 0 radical (unpaired) electrons. The van der Waals surface area contributed by atoms with Crippen molar-refractivity contribution >= 4 is 34.8 Å². The third kappa shape index (κ3) is 7.03. The zero-order valence-corrected chi connectivity index (χ0v) is 21.1. The Morgan fingerprint density at radius 2 is 1.65 bits per heavy atom. The summed E-state index contributed by atoms with van der Waals surface area (Å²) in [5, 5.41) is 6.15. The van der Waals surface area contributed by atoms with Crippen LogP contribution in [0.5, 0.6) is 5.75 Å². The summed E-state index contributed by atoms with van der Waals surface area (Å²) in [5.74, 6) is 0.574. The standard InChI is InChI=1S/C27H35N3O3S/c1-19(2)17-18-33-24-16-10-8-14-22(24)26(32)29-27(34)30(3)23-15-9-7-13-21(23)25(31)28-20-11-5-4-6-12-20/h7-10,13-16,19-20H,4-6,11-12,17-18H2,1-3H3,(H,28,31)(H,29,32,34). The number of carbonyl (C=O) groups excluding carboxylic acids is 2. The van der Waals surface area contributed by atoms with Gasteiger partial charge in [0, 0.05) is 13.1 Å². The zero-order chi connectivity index (χ0) is 24.5. The molecule has 0 unspecified atom stereocenters. The topological polar surface area (TPSA) is 70.7 Å². The van der Waals surface area contributed by atoms with Crippen LogP contribution < -0.4 is 20.3 Å². The van der Waals surface area contributed by atoms with Gasteiger partial charge in [0.2, 0.25) is 0 Å². The quantitative estimate of drug-likeness (QED) is 0.499. The number of benzene rings is 2. The lowest BCUT2D eigenvalue weighted by Gasteiger charge is -2.26. The Bertz CT molecular complexity index is 1000. The molecular formula is C27H35N3O3S. The number of ether oxygens (including phenoxy) is 1. The van der Waals surface area contributed by atoms with E-state index in [2.05, 4.69) is 24.5 Å². The molecule has 2 aromatic carbocycles. The lowest BCUT2D eigenvalue weighted by molar-refractivity contribution is 0.0927. The minimum Gasteiger partial charge on any atom is -0.493 e. The van der Waals surface area contributed by atoms with Gasteiger partial charge in [-0.1, -0.05) is 57.4 Å². The Hall–Kier alpha value is -2.93. The van der Waals surface area contributed by atoms with Gasteiger partial charge in [-0.3, -0.25) is 14.9 Å². The highest BCUT2D eigenvalue weighted by Crippen LogP contribution is 2.23. The molecule has 0 heterocycles. The Morgan fingerprint density at radius 3 is 2.35 bits per heavy atom. The van der Waals surface area contributed by atoms with Gasteiger partial charge in [-0.05, 0) is 61.7 Å². The van der Waals surface area contributed by atoms with Crippen LogP contribution in [0.3, 0.4) is 0 Å². The molecule has 34 heavy (non-hydrogen) atoms. The number of para-hydroxylation sites is 2. The molecule has 2 N–H and O–H groups in total. The van der Waals surface area contributed by atoms with Gasteiger partial charge in [-0.2, -0.15) is 0 Å². The number of hydrogen-bond donors (Lipinski definition) is 2. The minimum atomic E-state index is -0.346. The monoisotopic (exact) mass is 481 g/mol. The second-order valence-electron chi connectivity index (χ2n) is 9.17. The number of anilines is 1. The number of hydrogen-bond acceptors (Lipinski definition) is 4. The summed E-state index contributed by atoms with van der Waals surface area (Å²) in [7, 11) is 1.75. The summed E-state index contributed by atoms with van der Waals surface area (Å²) in [6, 6.07) is 14.6. The van der Waals surface area contributed by atoms with Crippen LogP contribution in [0.25, 0.3) is 0 Å². The maximum absolute atomic E-state index is 13.0. The van der Waals surface area contributed by atoms with E-state index in [0.29, 0.717) is 35.1 Å². The average Bonchev–Trinajstić information content (AvgIpc) is 2.84. The van der Waals surface area contributed by atoms with Gasteiger partial charge in [0.25, 0.3) is 11.8 Å². The fourth-order valence-corrected chi connectivity index (χ4v) is 4.20. The number of rotatable bonds is 8. The predicted molar refractivity (Wildman–Crippen MR) is 141 cm³/mol. The molecule has 0 bridgehead atoms. The number of nitrogens with one attached hydrogen (secondary N) is 2. The van der Waals surface area contributed by atoms with Gasteiger partial charge in [0.05, 0.1) is 23.4 Å². The molecule has 6 nitrogen and oxygen atoms in total. The first-order valence-electron chi connectivity index (χ1n) is 12.1. The lowest BCUT2D eigenvalue weighted by atomic mass is 9.95. The number of carbonyl (C=O) groups is 2. The molecule has 1 aliphatic carbocycles. The highest BCUT2D eigenvalue weighted by atomic mass is 32.1. The van der Waals surface area contributed by atoms with Crippen molar-refractivity contribution in [3.8, 4) is 5.75 Å². The molecule has 2 aromatic rings. The van der Waals surface area contributed by atoms with Crippen LogP contribution in [0.2, 0.25) is 0 Å². The molecule has 1 saturated carbocycles. The van der Waals surface area contributed by atoms with Crippen molar-refractivity contribution < 1.29 is 14.3 Å². The number of amides is 2. The molecule has 0 aliphatic heterocycles. The van der Waals surface area contributed by atoms with Crippen molar-refractivity contribution in [3.05, 3.63) is 59.7 Å². The fraction of sp³-hybridized carbons (Fsp3) is 0.444. The van der Waals surface area contributed by atoms with E-state index < -0.39 is 0 Å².